The third-order valence-electron chi connectivity index (χ3n) is 4.44. The molecule has 148 valence electrons. The summed E-state index contributed by atoms with van der Waals surface area (Å²) in [4.78, 5) is 25.3. The monoisotopic (exact) mass is 416 g/mol. The highest BCUT2D eigenvalue weighted by Crippen LogP contribution is 2.62. The number of halogens is 3. The van der Waals surface area contributed by atoms with E-state index < -0.39 is 36.1 Å². The largest absolute Gasteiger partial charge is 0.451 e. The van der Waals surface area contributed by atoms with E-state index in [0.717, 1.165) is 6.07 Å². The van der Waals surface area contributed by atoms with Crippen molar-refractivity contribution in [3.63, 3.8) is 0 Å². The predicted octanol–water partition coefficient (Wildman–Crippen LogP) is 5.46. The summed E-state index contributed by atoms with van der Waals surface area (Å²) < 4.78 is 55.3. The van der Waals surface area contributed by atoms with E-state index in [1.165, 1.54) is 42.5 Å². The van der Waals surface area contributed by atoms with Gasteiger partial charge in [-0.3, -0.25) is 9.59 Å². The number of hydrogen-bond acceptors (Lipinski definition) is 3. The first-order chi connectivity index (χ1) is 13.7. The molecule has 0 saturated carbocycles. The number of hydrogen-bond donors (Lipinski definition) is 0. The lowest BCUT2D eigenvalue weighted by molar-refractivity contribution is -0.0443. The summed E-state index contributed by atoms with van der Waals surface area (Å²) in [5.41, 5.74) is -1.55. The molecule has 0 spiro atoms. The van der Waals surface area contributed by atoms with Gasteiger partial charge in [-0.2, -0.15) is 13.2 Å². The van der Waals surface area contributed by atoms with Gasteiger partial charge in [0.05, 0.1) is 0 Å². The van der Waals surface area contributed by atoms with Gasteiger partial charge in [-0.05, 0) is 5.56 Å². The van der Waals surface area contributed by atoms with E-state index in [9.17, 15) is 27.3 Å². The predicted molar refractivity (Wildman–Crippen MR) is 105 cm³/mol. The van der Waals surface area contributed by atoms with Crippen LogP contribution in [-0.4, -0.2) is 17.2 Å². The summed E-state index contributed by atoms with van der Waals surface area (Å²) in [6.45, 7) is 0. The zero-order valence-electron chi connectivity index (χ0n) is 15.1. The number of benzene rings is 3. The molecule has 0 aliphatic rings. The maximum atomic E-state index is 14.0. The summed E-state index contributed by atoms with van der Waals surface area (Å²) in [6.07, 6.45) is -0.400. The maximum absolute atomic E-state index is 14.0. The highest BCUT2D eigenvalue weighted by Gasteiger charge is 2.58. The molecule has 1 unspecified atom stereocenters. The number of ketones is 1. The van der Waals surface area contributed by atoms with Crippen molar-refractivity contribution in [1.82, 2.24) is 0 Å². The van der Waals surface area contributed by atoms with Crippen LogP contribution in [0.4, 0.5) is 13.2 Å². The summed E-state index contributed by atoms with van der Waals surface area (Å²) in [6, 6.07) is 19.9. The molecule has 0 saturated heterocycles. The summed E-state index contributed by atoms with van der Waals surface area (Å²) in [5, 5.41) is -0.648. The Morgan fingerprint density at radius 2 is 1.21 bits per heavy atom. The van der Waals surface area contributed by atoms with E-state index in [1.807, 2.05) is 0 Å². The Morgan fingerprint density at radius 3 is 1.76 bits per heavy atom. The summed E-state index contributed by atoms with van der Waals surface area (Å²) in [7, 11) is -5.54. The van der Waals surface area contributed by atoms with E-state index in [4.69, 9.17) is 0 Å². The van der Waals surface area contributed by atoms with Gasteiger partial charge < -0.3 is 4.57 Å². The fraction of sp³-hybridized carbons (Fsp3) is 0.0909. The quantitative estimate of drug-likeness (QED) is 0.396. The third kappa shape index (κ3) is 4.08. The molecule has 0 aromatic heterocycles. The summed E-state index contributed by atoms with van der Waals surface area (Å²) >= 11 is 0. The lowest BCUT2D eigenvalue weighted by atomic mass is 10.0. The average molecular weight is 416 g/mol. The Morgan fingerprint density at radius 1 is 0.724 bits per heavy atom. The van der Waals surface area contributed by atoms with Gasteiger partial charge in [0.2, 0.25) is 5.52 Å². The molecule has 1 atom stereocenters. The molecule has 0 aliphatic carbocycles. The van der Waals surface area contributed by atoms with Crippen molar-refractivity contribution in [3.05, 3.63) is 102 Å². The van der Waals surface area contributed by atoms with Crippen LogP contribution in [-0.2, 0) is 11.0 Å². The highest BCUT2D eigenvalue weighted by atomic mass is 31.2. The van der Waals surface area contributed by atoms with Crippen LogP contribution in [0.25, 0.3) is 0 Å². The first-order valence-corrected chi connectivity index (χ1v) is 10.4. The van der Waals surface area contributed by atoms with Crippen LogP contribution in [0.5, 0.6) is 0 Å². The molecule has 0 amide bonds. The molecule has 0 bridgehead atoms. The minimum absolute atomic E-state index is 0.0775. The lowest BCUT2D eigenvalue weighted by Crippen LogP contribution is -2.28. The molecule has 29 heavy (non-hydrogen) atoms. The number of rotatable bonds is 6. The molecule has 3 nitrogen and oxygen atoms in total. The molecule has 0 radical (unpaired) electrons. The van der Waals surface area contributed by atoms with Gasteiger partial charge >= 0.3 is 5.92 Å². The second kappa shape index (κ2) is 8.18. The average Bonchev–Trinajstić information content (AvgIpc) is 2.73. The molecule has 0 N–H and O–H groups in total. The van der Waals surface area contributed by atoms with Crippen molar-refractivity contribution >= 4 is 23.8 Å². The van der Waals surface area contributed by atoms with Gasteiger partial charge in [-0.25, -0.2) is 0 Å². The van der Waals surface area contributed by atoms with Crippen LogP contribution in [0.3, 0.4) is 0 Å². The normalized spacial score (nSPS) is 13.5. The lowest BCUT2D eigenvalue weighted by Gasteiger charge is -2.22. The standard InChI is InChI=1S/C22H16F3O3P/c23-22(24,25)29(28,21(27)17-11-5-2-6-12-17)20-14-8-7-13-18(20)15-19(26)16-9-3-1-4-10-16/h1-14H,15H2. The fourth-order valence-corrected chi connectivity index (χ4v) is 5.08. The van der Waals surface area contributed by atoms with Crippen LogP contribution in [0, 0.1) is 0 Å². The van der Waals surface area contributed by atoms with Crippen molar-refractivity contribution in [1.29, 1.82) is 0 Å². The molecule has 3 rings (SSSR count). The van der Waals surface area contributed by atoms with Crippen LogP contribution in [0.1, 0.15) is 26.3 Å². The van der Waals surface area contributed by atoms with Gasteiger partial charge in [0.25, 0.3) is 7.14 Å². The van der Waals surface area contributed by atoms with Gasteiger partial charge in [0.1, 0.15) is 0 Å². The number of alkyl halides is 3. The molecule has 3 aromatic carbocycles. The van der Waals surface area contributed by atoms with Crippen molar-refractivity contribution < 1.29 is 27.3 Å². The third-order valence-corrected chi connectivity index (χ3v) is 7.10. The molecular weight excluding hydrogens is 400 g/mol. The first-order valence-electron chi connectivity index (χ1n) is 8.68. The SMILES string of the molecule is O=C(Cc1ccccc1P(=O)(C(=O)c1ccccc1)C(F)(F)F)c1ccccc1. The zero-order valence-corrected chi connectivity index (χ0v) is 16.0. The van der Waals surface area contributed by atoms with Crippen molar-refractivity contribution in [2.24, 2.45) is 0 Å². The molecule has 0 heterocycles. The maximum Gasteiger partial charge on any atom is 0.451 e. The van der Waals surface area contributed by atoms with E-state index in [-0.39, 0.29) is 11.1 Å². The highest BCUT2D eigenvalue weighted by molar-refractivity contribution is 7.88. The number of Topliss-reactive ketones (excluding diaryl/α,β-unsaturated/α-hetero) is 1. The van der Waals surface area contributed by atoms with E-state index in [2.05, 4.69) is 0 Å². The Labute approximate surface area is 165 Å². The number of carbonyl (C=O) groups is 2. The minimum Gasteiger partial charge on any atom is -0.300 e. The van der Waals surface area contributed by atoms with Crippen LogP contribution >= 0.6 is 7.14 Å². The molecule has 0 fully saturated rings. The van der Waals surface area contributed by atoms with Gasteiger partial charge in [-0.15, -0.1) is 0 Å². The topological polar surface area (TPSA) is 51.2 Å². The second-order valence-corrected chi connectivity index (χ2v) is 8.96. The fourth-order valence-electron chi connectivity index (χ4n) is 2.99. The van der Waals surface area contributed by atoms with Crippen LogP contribution < -0.4 is 5.30 Å². The van der Waals surface area contributed by atoms with Crippen LogP contribution in [0.2, 0.25) is 0 Å². The first kappa shape index (κ1) is 20.7. The number of carbonyl (C=O) groups excluding carboxylic acids is 2. The van der Waals surface area contributed by atoms with Crippen molar-refractivity contribution in [3.8, 4) is 0 Å². The Balaban J connectivity index is 2.10. The minimum atomic E-state index is -5.54. The molecule has 7 heteroatoms. The summed E-state index contributed by atoms with van der Waals surface area (Å²) in [5.74, 6) is -5.72. The molecule has 3 aromatic rings. The zero-order chi connectivity index (χ0) is 21.1. The van der Waals surface area contributed by atoms with Crippen LogP contribution in [0.15, 0.2) is 84.9 Å². The smallest absolute Gasteiger partial charge is 0.300 e. The van der Waals surface area contributed by atoms with Gasteiger partial charge in [-0.1, -0.05) is 84.9 Å². The van der Waals surface area contributed by atoms with Crippen molar-refractivity contribution in [2.45, 2.75) is 12.3 Å². The second-order valence-electron chi connectivity index (χ2n) is 6.34. The van der Waals surface area contributed by atoms with E-state index in [1.54, 1.807) is 36.4 Å². The Bertz CT molecular complexity index is 1080. The Kier molecular flexibility index (Phi) is 5.85. The van der Waals surface area contributed by atoms with E-state index in [0.29, 0.717) is 5.56 Å². The van der Waals surface area contributed by atoms with E-state index >= 15 is 0 Å². The van der Waals surface area contributed by atoms with Gasteiger partial charge in [0, 0.05) is 22.9 Å². The molecular formula is C22H16F3O3P. The molecule has 0 aliphatic heterocycles. The van der Waals surface area contributed by atoms with Gasteiger partial charge in [0.15, 0.2) is 5.78 Å². The Hall–Kier alpha value is -2.98. The van der Waals surface area contributed by atoms with Crippen molar-refractivity contribution in [2.75, 3.05) is 0 Å².